The Morgan fingerprint density at radius 2 is 1.79 bits per heavy atom. The Morgan fingerprint density at radius 3 is 2.21 bits per heavy atom. The topological polar surface area (TPSA) is 46.2 Å². The summed E-state index contributed by atoms with van der Waals surface area (Å²) in [5.74, 6) is 0.478. The van der Waals surface area contributed by atoms with Gasteiger partial charge in [0.25, 0.3) is 0 Å². The monoisotopic (exact) mass is 231 g/mol. The molecule has 76 valence electrons. The lowest BCUT2D eigenvalue weighted by molar-refractivity contribution is 0.475. The standard InChI is InChI=1S/C10H11Cl2NO/c11-7-3-6(4-8(12)10(7)14)9(13)5-1-2-5/h3-5,9,14H,1-2,13H2/t9-/m0/s1. The zero-order valence-electron chi connectivity index (χ0n) is 7.50. The van der Waals surface area contributed by atoms with E-state index in [4.69, 9.17) is 28.9 Å². The summed E-state index contributed by atoms with van der Waals surface area (Å²) in [6.45, 7) is 0. The molecular formula is C10H11Cl2NO. The number of aromatic hydroxyl groups is 1. The van der Waals surface area contributed by atoms with Crippen molar-refractivity contribution >= 4 is 23.2 Å². The summed E-state index contributed by atoms with van der Waals surface area (Å²) in [6.07, 6.45) is 2.33. The highest BCUT2D eigenvalue weighted by Crippen LogP contribution is 2.42. The molecule has 0 aromatic heterocycles. The van der Waals surface area contributed by atoms with E-state index in [1.54, 1.807) is 12.1 Å². The van der Waals surface area contributed by atoms with Crippen LogP contribution in [0.15, 0.2) is 12.1 Å². The van der Waals surface area contributed by atoms with Gasteiger partial charge in [0.2, 0.25) is 0 Å². The second kappa shape index (κ2) is 3.61. The molecule has 0 heterocycles. The van der Waals surface area contributed by atoms with E-state index in [2.05, 4.69) is 0 Å². The second-order valence-corrected chi connectivity index (χ2v) is 4.51. The molecule has 1 fully saturated rings. The van der Waals surface area contributed by atoms with E-state index in [0.717, 1.165) is 18.4 Å². The fourth-order valence-electron chi connectivity index (χ4n) is 1.51. The molecule has 1 aliphatic carbocycles. The van der Waals surface area contributed by atoms with Crippen LogP contribution in [0.2, 0.25) is 10.0 Å². The summed E-state index contributed by atoms with van der Waals surface area (Å²) in [6, 6.07) is 3.36. The van der Waals surface area contributed by atoms with Crippen molar-refractivity contribution in [2.24, 2.45) is 11.7 Å². The molecule has 0 spiro atoms. The number of halogens is 2. The predicted octanol–water partition coefficient (Wildman–Crippen LogP) is 3.11. The lowest BCUT2D eigenvalue weighted by Crippen LogP contribution is -2.12. The van der Waals surface area contributed by atoms with Gasteiger partial charge in [-0.25, -0.2) is 0 Å². The van der Waals surface area contributed by atoms with E-state index in [-0.39, 0.29) is 21.8 Å². The van der Waals surface area contributed by atoms with Crippen LogP contribution in [0.25, 0.3) is 0 Å². The Bertz CT molecular complexity index is 340. The van der Waals surface area contributed by atoms with Gasteiger partial charge >= 0.3 is 0 Å². The third kappa shape index (κ3) is 1.83. The smallest absolute Gasteiger partial charge is 0.152 e. The van der Waals surface area contributed by atoms with Crippen molar-refractivity contribution in [1.82, 2.24) is 0 Å². The summed E-state index contributed by atoms with van der Waals surface area (Å²) in [5, 5.41) is 9.90. The van der Waals surface area contributed by atoms with Crippen LogP contribution in [0.1, 0.15) is 24.4 Å². The van der Waals surface area contributed by atoms with Gasteiger partial charge in [-0.1, -0.05) is 23.2 Å². The highest BCUT2D eigenvalue weighted by molar-refractivity contribution is 6.37. The number of phenols is 1. The molecule has 1 saturated carbocycles. The van der Waals surface area contributed by atoms with E-state index in [9.17, 15) is 5.11 Å². The van der Waals surface area contributed by atoms with Gasteiger partial charge in [-0.2, -0.15) is 0 Å². The number of phenolic OH excluding ortho intramolecular Hbond substituents is 1. The number of hydrogen-bond acceptors (Lipinski definition) is 2. The van der Waals surface area contributed by atoms with Crippen molar-refractivity contribution < 1.29 is 5.11 Å². The Hall–Kier alpha value is -0.440. The number of nitrogens with two attached hydrogens (primary N) is 1. The predicted molar refractivity (Wildman–Crippen MR) is 57.8 cm³/mol. The molecule has 0 radical (unpaired) electrons. The molecule has 2 nitrogen and oxygen atoms in total. The Balaban J connectivity index is 2.34. The van der Waals surface area contributed by atoms with E-state index in [1.807, 2.05) is 0 Å². The first kappa shape index (κ1) is 10.1. The number of hydrogen-bond donors (Lipinski definition) is 2. The van der Waals surface area contributed by atoms with Crippen LogP contribution in [-0.4, -0.2) is 5.11 Å². The average molecular weight is 232 g/mol. The van der Waals surface area contributed by atoms with Gasteiger partial charge < -0.3 is 10.8 Å². The maximum absolute atomic E-state index is 9.36. The molecule has 1 aliphatic rings. The van der Waals surface area contributed by atoms with Crippen molar-refractivity contribution in [2.45, 2.75) is 18.9 Å². The van der Waals surface area contributed by atoms with Gasteiger partial charge in [-0.15, -0.1) is 0 Å². The minimum atomic E-state index is -0.0694. The Kier molecular flexibility index (Phi) is 2.60. The van der Waals surface area contributed by atoms with Crippen LogP contribution in [0, 0.1) is 5.92 Å². The highest BCUT2D eigenvalue weighted by Gasteiger charge is 2.30. The van der Waals surface area contributed by atoms with Crippen molar-refractivity contribution in [3.63, 3.8) is 0 Å². The van der Waals surface area contributed by atoms with E-state index >= 15 is 0 Å². The van der Waals surface area contributed by atoms with Crippen LogP contribution in [-0.2, 0) is 0 Å². The maximum Gasteiger partial charge on any atom is 0.152 e. The summed E-state index contributed by atoms with van der Waals surface area (Å²) in [4.78, 5) is 0. The zero-order chi connectivity index (χ0) is 10.3. The molecule has 3 N–H and O–H groups in total. The second-order valence-electron chi connectivity index (χ2n) is 3.70. The van der Waals surface area contributed by atoms with E-state index in [0.29, 0.717) is 5.92 Å². The Morgan fingerprint density at radius 1 is 1.29 bits per heavy atom. The molecule has 0 aliphatic heterocycles. The summed E-state index contributed by atoms with van der Waals surface area (Å²) in [7, 11) is 0. The summed E-state index contributed by atoms with van der Waals surface area (Å²) >= 11 is 11.6. The summed E-state index contributed by atoms with van der Waals surface area (Å²) < 4.78 is 0. The molecule has 0 saturated heterocycles. The van der Waals surface area contributed by atoms with Crippen LogP contribution < -0.4 is 5.73 Å². The van der Waals surface area contributed by atoms with Gasteiger partial charge in [0, 0.05) is 6.04 Å². The van der Waals surface area contributed by atoms with Crippen LogP contribution >= 0.6 is 23.2 Å². The first-order valence-electron chi connectivity index (χ1n) is 4.53. The molecule has 14 heavy (non-hydrogen) atoms. The van der Waals surface area contributed by atoms with Crippen molar-refractivity contribution in [3.8, 4) is 5.75 Å². The molecule has 1 aromatic rings. The van der Waals surface area contributed by atoms with Crippen LogP contribution in [0.4, 0.5) is 0 Å². The van der Waals surface area contributed by atoms with E-state index in [1.165, 1.54) is 0 Å². The normalized spacial score (nSPS) is 18.2. The first-order chi connectivity index (χ1) is 6.59. The van der Waals surface area contributed by atoms with Crippen LogP contribution in [0.5, 0.6) is 5.75 Å². The van der Waals surface area contributed by atoms with Crippen molar-refractivity contribution in [1.29, 1.82) is 0 Å². The first-order valence-corrected chi connectivity index (χ1v) is 5.28. The van der Waals surface area contributed by atoms with Gasteiger partial charge in [0.05, 0.1) is 10.0 Å². The quantitative estimate of drug-likeness (QED) is 0.822. The molecule has 0 unspecified atom stereocenters. The van der Waals surface area contributed by atoms with Gasteiger partial charge in [0.15, 0.2) is 5.75 Å². The summed E-state index contributed by atoms with van der Waals surface area (Å²) in [5.41, 5.74) is 6.89. The van der Waals surface area contributed by atoms with Crippen molar-refractivity contribution in [2.75, 3.05) is 0 Å². The van der Waals surface area contributed by atoms with Gasteiger partial charge in [-0.3, -0.25) is 0 Å². The number of benzene rings is 1. The fourth-order valence-corrected chi connectivity index (χ4v) is 2.01. The van der Waals surface area contributed by atoms with Gasteiger partial charge in [0.1, 0.15) is 0 Å². The minimum absolute atomic E-state index is 0.00870. The molecule has 2 rings (SSSR count). The Labute approximate surface area is 92.6 Å². The molecule has 1 atom stereocenters. The lowest BCUT2D eigenvalue weighted by Gasteiger charge is -2.12. The SMILES string of the molecule is N[C@H](c1cc(Cl)c(O)c(Cl)c1)C1CC1. The largest absolute Gasteiger partial charge is 0.505 e. The molecule has 1 aromatic carbocycles. The minimum Gasteiger partial charge on any atom is -0.505 e. The maximum atomic E-state index is 9.36. The highest BCUT2D eigenvalue weighted by atomic mass is 35.5. The van der Waals surface area contributed by atoms with Crippen LogP contribution in [0.3, 0.4) is 0 Å². The molecule has 4 heteroatoms. The van der Waals surface area contributed by atoms with Crippen molar-refractivity contribution in [3.05, 3.63) is 27.7 Å². The zero-order valence-corrected chi connectivity index (χ0v) is 9.02. The van der Waals surface area contributed by atoms with E-state index < -0.39 is 0 Å². The average Bonchev–Trinajstić information content (AvgIpc) is 2.95. The van der Waals surface area contributed by atoms with Gasteiger partial charge in [-0.05, 0) is 36.5 Å². The third-order valence-electron chi connectivity index (χ3n) is 2.55. The number of rotatable bonds is 2. The third-order valence-corrected chi connectivity index (χ3v) is 3.13. The molecule has 0 amide bonds. The lowest BCUT2D eigenvalue weighted by atomic mass is 10.0. The molecule has 0 bridgehead atoms. The fraction of sp³-hybridized carbons (Fsp3) is 0.400. The molecular weight excluding hydrogens is 221 g/mol.